The average Bonchev–Trinajstić information content (AvgIpc) is 2.33. The third-order valence-corrected chi connectivity index (χ3v) is 2.53. The number of benzene rings is 2. The van der Waals surface area contributed by atoms with E-state index in [1.54, 1.807) is 6.92 Å². The summed E-state index contributed by atoms with van der Waals surface area (Å²) in [5.41, 5.74) is 7.42. The maximum atomic E-state index is 13.1. The van der Waals surface area contributed by atoms with Crippen molar-refractivity contribution >= 4 is 5.69 Å². The monoisotopic (exact) mass is 231 g/mol. The lowest BCUT2D eigenvalue weighted by molar-refractivity contribution is 0.304. The molecule has 0 heterocycles. The number of hydrogen-bond acceptors (Lipinski definition) is 2. The second kappa shape index (κ2) is 4.87. The zero-order valence-corrected chi connectivity index (χ0v) is 9.61. The van der Waals surface area contributed by atoms with Crippen LogP contribution in [0.25, 0.3) is 0 Å². The predicted octanol–water partition coefficient (Wildman–Crippen LogP) is 3.30. The van der Waals surface area contributed by atoms with Gasteiger partial charge in [0.15, 0.2) is 0 Å². The first-order chi connectivity index (χ1) is 8.16. The number of hydrogen-bond donors (Lipinski definition) is 1. The molecule has 2 N–H and O–H groups in total. The number of anilines is 1. The number of halogens is 1. The van der Waals surface area contributed by atoms with Crippen molar-refractivity contribution in [1.82, 2.24) is 0 Å². The molecule has 3 heteroatoms. The summed E-state index contributed by atoms with van der Waals surface area (Å²) in [6.07, 6.45) is 0. The van der Waals surface area contributed by atoms with Crippen LogP contribution < -0.4 is 10.5 Å². The van der Waals surface area contributed by atoms with Crippen LogP contribution in [-0.4, -0.2) is 0 Å². The molecule has 0 saturated carbocycles. The van der Waals surface area contributed by atoms with Gasteiger partial charge < -0.3 is 10.5 Å². The number of ether oxygens (including phenoxy) is 1. The lowest BCUT2D eigenvalue weighted by Crippen LogP contribution is -1.99. The summed E-state index contributed by atoms with van der Waals surface area (Å²) in [7, 11) is 0. The molecule has 0 amide bonds. The summed E-state index contributed by atoms with van der Waals surface area (Å²) in [4.78, 5) is 0. The lowest BCUT2D eigenvalue weighted by atomic mass is 10.2. The lowest BCUT2D eigenvalue weighted by Gasteiger charge is -2.10. The summed E-state index contributed by atoms with van der Waals surface area (Å²) in [5, 5.41) is 0. The van der Waals surface area contributed by atoms with Crippen LogP contribution in [0.5, 0.6) is 5.75 Å². The number of aryl methyl sites for hydroxylation is 1. The Morgan fingerprint density at radius 2 is 1.88 bits per heavy atom. The SMILES string of the molecule is Cc1cc(F)c(N)cc1OCc1ccccc1. The minimum atomic E-state index is -0.408. The van der Waals surface area contributed by atoms with Gasteiger partial charge in [0.2, 0.25) is 0 Å². The molecule has 0 aromatic heterocycles. The van der Waals surface area contributed by atoms with Crippen molar-refractivity contribution in [1.29, 1.82) is 0 Å². The van der Waals surface area contributed by atoms with E-state index >= 15 is 0 Å². The van der Waals surface area contributed by atoms with Crippen molar-refractivity contribution in [3.8, 4) is 5.75 Å². The molecular formula is C14H14FNO. The van der Waals surface area contributed by atoms with Gasteiger partial charge in [-0.1, -0.05) is 30.3 Å². The summed E-state index contributed by atoms with van der Waals surface area (Å²) >= 11 is 0. The Hall–Kier alpha value is -2.03. The van der Waals surface area contributed by atoms with Crippen molar-refractivity contribution in [2.45, 2.75) is 13.5 Å². The van der Waals surface area contributed by atoms with E-state index < -0.39 is 5.82 Å². The quantitative estimate of drug-likeness (QED) is 0.822. The van der Waals surface area contributed by atoms with Gasteiger partial charge in [0.05, 0.1) is 5.69 Å². The minimum absolute atomic E-state index is 0.110. The first-order valence-corrected chi connectivity index (χ1v) is 5.39. The molecule has 0 spiro atoms. The van der Waals surface area contributed by atoms with Crippen molar-refractivity contribution in [2.24, 2.45) is 0 Å². The van der Waals surface area contributed by atoms with Crippen LogP contribution in [0.3, 0.4) is 0 Å². The molecule has 0 bridgehead atoms. The third-order valence-electron chi connectivity index (χ3n) is 2.53. The highest BCUT2D eigenvalue weighted by Gasteiger charge is 2.05. The van der Waals surface area contributed by atoms with Crippen LogP contribution >= 0.6 is 0 Å². The second-order valence-corrected chi connectivity index (χ2v) is 3.91. The first kappa shape index (κ1) is 11.5. The molecule has 0 aliphatic rings. The van der Waals surface area contributed by atoms with Gasteiger partial charge in [0.1, 0.15) is 18.2 Å². The average molecular weight is 231 g/mol. The molecule has 2 rings (SSSR count). The van der Waals surface area contributed by atoms with Crippen molar-refractivity contribution in [3.05, 3.63) is 59.4 Å². The van der Waals surface area contributed by atoms with E-state index in [1.807, 2.05) is 30.3 Å². The van der Waals surface area contributed by atoms with Gasteiger partial charge in [0.25, 0.3) is 0 Å². The summed E-state index contributed by atoms with van der Waals surface area (Å²) in [6, 6.07) is 12.7. The van der Waals surface area contributed by atoms with E-state index in [0.717, 1.165) is 11.1 Å². The molecule has 2 nitrogen and oxygen atoms in total. The van der Waals surface area contributed by atoms with Crippen LogP contribution in [-0.2, 0) is 6.61 Å². The van der Waals surface area contributed by atoms with Crippen LogP contribution in [0.15, 0.2) is 42.5 Å². The Kier molecular flexibility index (Phi) is 3.28. The molecule has 88 valence electrons. The van der Waals surface area contributed by atoms with Crippen molar-refractivity contribution in [3.63, 3.8) is 0 Å². The van der Waals surface area contributed by atoms with E-state index in [1.165, 1.54) is 12.1 Å². The Morgan fingerprint density at radius 1 is 1.18 bits per heavy atom. The van der Waals surface area contributed by atoms with Gasteiger partial charge in [-0.15, -0.1) is 0 Å². The highest BCUT2D eigenvalue weighted by Crippen LogP contribution is 2.24. The molecule has 0 fully saturated rings. The Balaban J connectivity index is 2.12. The third kappa shape index (κ3) is 2.75. The minimum Gasteiger partial charge on any atom is -0.489 e. The zero-order valence-electron chi connectivity index (χ0n) is 9.61. The summed E-state index contributed by atoms with van der Waals surface area (Å²) < 4.78 is 18.8. The Labute approximate surface area is 99.8 Å². The van der Waals surface area contributed by atoms with Gasteiger partial charge in [-0.05, 0) is 24.1 Å². The topological polar surface area (TPSA) is 35.2 Å². The van der Waals surface area contributed by atoms with Gasteiger partial charge in [0, 0.05) is 6.07 Å². The highest BCUT2D eigenvalue weighted by atomic mass is 19.1. The van der Waals surface area contributed by atoms with Crippen LogP contribution in [0.4, 0.5) is 10.1 Å². The van der Waals surface area contributed by atoms with Crippen LogP contribution in [0.1, 0.15) is 11.1 Å². The second-order valence-electron chi connectivity index (χ2n) is 3.91. The largest absolute Gasteiger partial charge is 0.489 e. The van der Waals surface area contributed by atoms with Gasteiger partial charge in [-0.3, -0.25) is 0 Å². The van der Waals surface area contributed by atoms with Gasteiger partial charge >= 0.3 is 0 Å². The van der Waals surface area contributed by atoms with E-state index in [-0.39, 0.29) is 5.69 Å². The maximum absolute atomic E-state index is 13.1. The molecule has 0 atom stereocenters. The Bertz CT molecular complexity index is 511. The number of rotatable bonds is 3. The van der Waals surface area contributed by atoms with Crippen molar-refractivity contribution < 1.29 is 9.13 Å². The summed E-state index contributed by atoms with van der Waals surface area (Å²) in [6.45, 7) is 2.25. The molecule has 2 aromatic carbocycles. The van der Waals surface area contributed by atoms with Gasteiger partial charge in [-0.25, -0.2) is 4.39 Å². The van der Waals surface area contributed by atoms with Gasteiger partial charge in [-0.2, -0.15) is 0 Å². The van der Waals surface area contributed by atoms with Crippen LogP contribution in [0, 0.1) is 12.7 Å². The standard InChI is InChI=1S/C14H14FNO/c1-10-7-12(15)13(16)8-14(10)17-9-11-5-3-2-4-6-11/h2-8H,9,16H2,1H3. The summed E-state index contributed by atoms with van der Waals surface area (Å²) in [5.74, 6) is 0.210. The van der Waals surface area contributed by atoms with E-state index in [0.29, 0.717) is 12.4 Å². The predicted molar refractivity (Wildman–Crippen MR) is 66.3 cm³/mol. The normalized spacial score (nSPS) is 10.2. The molecule has 0 aliphatic carbocycles. The van der Waals surface area contributed by atoms with Crippen LogP contribution in [0.2, 0.25) is 0 Å². The molecule has 17 heavy (non-hydrogen) atoms. The molecule has 0 saturated heterocycles. The Morgan fingerprint density at radius 3 is 2.59 bits per heavy atom. The fourth-order valence-corrected chi connectivity index (χ4v) is 1.56. The maximum Gasteiger partial charge on any atom is 0.146 e. The van der Waals surface area contributed by atoms with Crippen molar-refractivity contribution in [2.75, 3.05) is 5.73 Å². The fraction of sp³-hybridized carbons (Fsp3) is 0.143. The van der Waals surface area contributed by atoms with E-state index in [2.05, 4.69) is 0 Å². The molecule has 0 radical (unpaired) electrons. The first-order valence-electron chi connectivity index (χ1n) is 5.39. The fourth-order valence-electron chi connectivity index (χ4n) is 1.56. The number of nitrogens with two attached hydrogens (primary N) is 1. The molecular weight excluding hydrogens is 217 g/mol. The smallest absolute Gasteiger partial charge is 0.146 e. The number of nitrogen functional groups attached to an aromatic ring is 1. The highest BCUT2D eigenvalue weighted by molar-refractivity contribution is 5.49. The molecule has 0 unspecified atom stereocenters. The van der Waals surface area contributed by atoms with E-state index in [9.17, 15) is 4.39 Å². The zero-order chi connectivity index (χ0) is 12.3. The van der Waals surface area contributed by atoms with E-state index in [4.69, 9.17) is 10.5 Å². The molecule has 2 aromatic rings. The molecule has 0 aliphatic heterocycles.